The third-order valence-electron chi connectivity index (χ3n) is 2.78. The molecule has 0 amide bonds. The van der Waals surface area contributed by atoms with E-state index in [2.05, 4.69) is 10.3 Å². The van der Waals surface area contributed by atoms with Crippen LogP contribution in [0.15, 0.2) is 23.6 Å². The Bertz CT molecular complexity index is 615. The lowest BCUT2D eigenvalue weighted by atomic mass is 10.1. The summed E-state index contributed by atoms with van der Waals surface area (Å²) in [5, 5.41) is 16.9. The van der Waals surface area contributed by atoms with Gasteiger partial charge in [0.05, 0.1) is 15.6 Å². The van der Waals surface area contributed by atoms with E-state index in [-0.39, 0.29) is 12.2 Å². The van der Waals surface area contributed by atoms with Gasteiger partial charge in [-0.25, -0.2) is 9.37 Å². The van der Waals surface area contributed by atoms with Gasteiger partial charge < -0.3 is 5.32 Å². The van der Waals surface area contributed by atoms with Gasteiger partial charge in [0.25, 0.3) is 5.69 Å². The molecule has 0 radical (unpaired) electrons. The second kappa shape index (κ2) is 6.53. The molecule has 5 nitrogen and oxygen atoms in total. The third-order valence-corrected chi connectivity index (χ3v) is 3.60. The van der Waals surface area contributed by atoms with Crippen LogP contribution in [0.1, 0.15) is 16.3 Å². The molecule has 0 spiro atoms. The molecule has 0 aliphatic rings. The lowest BCUT2D eigenvalue weighted by Crippen LogP contribution is -2.17. The van der Waals surface area contributed by atoms with Crippen LogP contribution >= 0.6 is 11.3 Å². The zero-order valence-electron chi connectivity index (χ0n) is 10.9. The van der Waals surface area contributed by atoms with E-state index in [1.165, 1.54) is 12.1 Å². The minimum absolute atomic E-state index is 0.0663. The molecule has 0 aliphatic carbocycles. The van der Waals surface area contributed by atoms with Gasteiger partial charge in [-0.15, -0.1) is 11.3 Å². The molecule has 1 heterocycles. The van der Waals surface area contributed by atoms with Gasteiger partial charge in [0.15, 0.2) is 0 Å². The van der Waals surface area contributed by atoms with Crippen molar-refractivity contribution in [1.82, 2.24) is 10.3 Å². The molecule has 106 valence electrons. The van der Waals surface area contributed by atoms with E-state index < -0.39 is 10.7 Å². The summed E-state index contributed by atoms with van der Waals surface area (Å²) in [6.45, 7) is 2.84. The maximum absolute atomic E-state index is 13.1. The maximum atomic E-state index is 13.1. The van der Waals surface area contributed by atoms with Gasteiger partial charge in [-0.3, -0.25) is 10.1 Å². The molecule has 0 bridgehead atoms. The Kier molecular flexibility index (Phi) is 4.75. The predicted octanol–water partition coefficient (Wildman–Crippen LogP) is 2.83. The average Bonchev–Trinajstić information content (AvgIpc) is 2.80. The van der Waals surface area contributed by atoms with Crippen LogP contribution in [0.25, 0.3) is 0 Å². The number of rotatable bonds is 6. The highest BCUT2D eigenvalue weighted by Gasteiger charge is 2.13. The summed E-state index contributed by atoms with van der Waals surface area (Å²) in [5.74, 6) is -0.470. The number of hydrogen-bond donors (Lipinski definition) is 1. The predicted molar refractivity (Wildman–Crippen MR) is 75.3 cm³/mol. The van der Waals surface area contributed by atoms with Crippen molar-refractivity contribution in [2.75, 3.05) is 6.54 Å². The van der Waals surface area contributed by atoms with Crippen molar-refractivity contribution in [3.8, 4) is 0 Å². The fourth-order valence-electron chi connectivity index (χ4n) is 1.84. The molecule has 1 aromatic heterocycles. The Morgan fingerprint density at radius 2 is 2.30 bits per heavy atom. The Labute approximate surface area is 119 Å². The molecule has 0 saturated carbocycles. The Balaban J connectivity index is 1.90. The lowest BCUT2D eigenvalue weighted by molar-refractivity contribution is -0.385. The van der Waals surface area contributed by atoms with Crippen molar-refractivity contribution in [1.29, 1.82) is 0 Å². The molecule has 20 heavy (non-hydrogen) atoms. The number of nitro groups is 1. The number of halogens is 1. The van der Waals surface area contributed by atoms with Gasteiger partial charge in [-0.05, 0) is 19.1 Å². The summed E-state index contributed by atoms with van der Waals surface area (Å²) in [5.41, 5.74) is 1.28. The van der Waals surface area contributed by atoms with E-state index in [4.69, 9.17) is 0 Å². The van der Waals surface area contributed by atoms with Crippen LogP contribution in [0.5, 0.6) is 0 Å². The molecule has 0 aliphatic heterocycles. The summed E-state index contributed by atoms with van der Waals surface area (Å²) in [6, 6.07) is 3.48. The first-order valence-electron chi connectivity index (χ1n) is 6.11. The van der Waals surface area contributed by atoms with Crippen molar-refractivity contribution in [3.63, 3.8) is 0 Å². The van der Waals surface area contributed by atoms with Crippen molar-refractivity contribution in [2.45, 2.75) is 19.9 Å². The van der Waals surface area contributed by atoms with Crippen molar-refractivity contribution in [3.05, 3.63) is 55.8 Å². The first-order valence-corrected chi connectivity index (χ1v) is 6.99. The summed E-state index contributed by atoms with van der Waals surface area (Å²) in [4.78, 5) is 14.7. The molecule has 0 saturated heterocycles. The van der Waals surface area contributed by atoms with Crippen molar-refractivity contribution < 1.29 is 9.31 Å². The molecular weight excluding hydrogens is 281 g/mol. The van der Waals surface area contributed by atoms with E-state index in [1.54, 1.807) is 11.3 Å². The number of nitrogens with one attached hydrogen (secondary N) is 1. The quantitative estimate of drug-likeness (QED) is 0.505. The molecular formula is C13H14FN3O2S. The van der Waals surface area contributed by atoms with Gasteiger partial charge in [0.1, 0.15) is 5.82 Å². The fraction of sp³-hybridized carbons (Fsp3) is 0.308. The monoisotopic (exact) mass is 295 g/mol. The van der Waals surface area contributed by atoms with Crippen molar-refractivity contribution in [2.24, 2.45) is 0 Å². The molecule has 1 N–H and O–H groups in total. The highest BCUT2D eigenvalue weighted by Crippen LogP contribution is 2.19. The highest BCUT2D eigenvalue weighted by atomic mass is 32.1. The van der Waals surface area contributed by atoms with Crippen LogP contribution in [0, 0.1) is 22.9 Å². The smallest absolute Gasteiger partial charge is 0.274 e. The van der Waals surface area contributed by atoms with E-state index in [9.17, 15) is 14.5 Å². The minimum Gasteiger partial charge on any atom is -0.312 e. The van der Waals surface area contributed by atoms with Gasteiger partial charge >= 0.3 is 0 Å². The molecule has 2 rings (SSSR count). The Hall–Kier alpha value is -1.86. The largest absolute Gasteiger partial charge is 0.312 e. The Morgan fingerprint density at radius 3 is 2.95 bits per heavy atom. The second-order valence-electron chi connectivity index (χ2n) is 4.31. The van der Waals surface area contributed by atoms with Gasteiger partial charge in [0.2, 0.25) is 0 Å². The topological polar surface area (TPSA) is 68.1 Å². The van der Waals surface area contributed by atoms with Crippen LogP contribution in [0.4, 0.5) is 10.1 Å². The van der Waals surface area contributed by atoms with Crippen LogP contribution in [-0.4, -0.2) is 16.5 Å². The van der Waals surface area contributed by atoms with Gasteiger partial charge in [0, 0.05) is 36.5 Å². The number of aryl methyl sites for hydroxylation is 1. The van der Waals surface area contributed by atoms with Crippen LogP contribution in [0.3, 0.4) is 0 Å². The summed E-state index contributed by atoms with van der Waals surface area (Å²) < 4.78 is 13.1. The molecule has 2 aromatic rings. The summed E-state index contributed by atoms with van der Waals surface area (Å²) in [7, 11) is 0. The molecule has 0 fully saturated rings. The molecule has 1 aromatic carbocycles. The molecule has 7 heteroatoms. The minimum atomic E-state index is -0.500. The molecule has 0 atom stereocenters. The van der Waals surface area contributed by atoms with Crippen LogP contribution < -0.4 is 5.32 Å². The van der Waals surface area contributed by atoms with E-state index in [0.29, 0.717) is 12.1 Å². The normalized spacial score (nSPS) is 10.7. The van der Waals surface area contributed by atoms with Crippen LogP contribution in [-0.2, 0) is 13.0 Å². The van der Waals surface area contributed by atoms with E-state index in [1.807, 2.05) is 12.3 Å². The zero-order valence-corrected chi connectivity index (χ0v) is 11.7. The van der Waals surface area contributed by atoms with E-state index in [0.717, 1.165) is 23.2 Å². The first-order chi connectivity index (χ1) is 9.56. The Morgan fingerprint density at radius 1 is 1.50 bits per heavy atom. The number of aromatic nitrogens is 1. The lowest BCUT2D eigenvalue weighted by Gasteiger charge is -2.05. The fourth-order valence-corrected chi connectivity index (χ4v) is 2.48. The standard InChI is InChI=1S/C13H14FN3O2S/c1-9-16-12(8-20-9)4-5-15-7-10-6-11(14)2-3-13(10)17(18)19/h2-3,6,8,15H,4-5,7H2,1H3. The number of nitrogens with zero attached hydrogens (tertiary/aromatic N) is 2. The number of benzene rings is 1. The highest BCUT2D eigenvalue weighted by molar-refractivity contribution is 7.09. The number of hydrogen-bond acceptors (Lipinski definition) is 5. The second-order valence-corrected chi connectivity index (χ2v) is 5.38. The van der Waals surface area contributed by atoms with Gasteiger partial charge in [-0.1, -0.05) is 0 Å². The van der Waals surface area contributed by atoms with Crippen LogP contribution in [0.2, 0.25) is 0 Å². The maximum Gasteiger partial charge on any atom is 0.274 e. The van der Waals surface area contributed by atoms with Crippen molar-refractivity contribution >= 4 is 17.0 Å². The SMILES string of the molecule is Cc1nc(CCNCc2cc(F)ccc2[N+](=O)[O-])cs1. The average molecular weight is 295 g/mol. The number of nitro benzene ring substituents is 1. The third kappa shape index (κ3) is 3.82. The summed E-state index contributed by atoms with van der Waals surface area (Å²) >= 11 is 1.59. The molecule has 0 unspecified atom stereocenters. The van der Waals surface area contributed by atoms with E-state index >= 15 is 0 Å². The summed E-state index contributed by atoms with van der Waals surface area (Å²) in [6.07, 6.45) is 0.744. The number of thiazole rings is 1. The first kappa shape index (κ1) is 14.5. The zero-order chi connectivity index (χ0) is 14.5. The van der Waals surface area contributed by atoms with Gasteiger partial charge in [-0.2, -0.15) is 0 Å².